The number of nitrogens with zero attached hydrogens (tertiary/aromatic N) is 1. The Labute approximate surface area is 107 Å². The van der Waals surface area contributed by atoms with Gasteiger partial charge in [-0.15, -0.1) is 0 Å². The molecule has 3 heteroatoms. The smallest absolute Gasteiger partial charge is 0.126 e. The van der Waals surface area contributed by atoms with Gasteiger partial charge in [0.15, 0.2) is 0 Å². The predicted molar refractivity (Wildman–Crippen MR) is 70.6 cm³/mol. The molecule has 1 aromatic heterocycles. The second-order valence-electron chi connectivity index (χ2n) is 4.47. The van der Waals surface area contributed by atoms with Gasteiger partial charge in [0.2, 0.25) is 0 Å². The van der Waals surface area contributed by atoms with E-state index < -0.39 is 0 Å². The minimum atomic E-state index is -0.150. The van der Waals surface area contributed by atoms with Gasteiger partial charge in [0.05, 0.1) is 0 Å². The summed E-state index contributed by atoms with van der Waals surface area (Å²) < 4.78 is 13.4. The van der Waals surface area contributed by atoms with Crippen LogP contribution in [0.25, 0.3) is 0 Å². The number of aryl methyl sites for hydroxylation is 1. The summed E-state index contributed by atoms with van der Waals surface area (Å²) >= 11 is 0. The standard InChI is InChI=1S/C15H17FN2/c1-11-5-6-13(8-15(11)16)9-18-12(2)14-4-3-7-17-10-14/h3-8,10,12,18H,9H2,1-2H3/t12-/m0/s1. The zero-order chi connectivity index (χ0) is 13.0. The molecule has 0 amide bonds. The summed E-state index contributed by atoms with van der Waals surface area (Å²) in [5.74, 6) is -0.150. The third-order valence-corrected chi connectivity index (χ3v) is 3.03. The van der Waals surface area contributed by atoms with E-state index in [-0.39, 0.29) is 11.9 Å². The molecule has 0 aliphatic carbocycles. The molecule has 0 bridgehead atoms. The number of hydrogen-bond donors (Lipinski definition) is 1. The lowest BCUT2D eigenvalue weighted by Crippen LogP contribution is -2.18. The van der Waals surface area contributed by atoms with Crippen LogP contribution in [0.5, 0.6) is 0 Å². The highest BCUT2D eigenvalue weighted by molar-refractivity contribution is 5.23. The molecule has 0 saturated carbocycles. The van der Waals surface area contributed by atoms with Gasteiger partial charge in [-0.2, -0.15) is 0 Å². The van der Waals surface area contributed by atoms with E-state index in [4.69, 9.17) is 0 Å². The molecule has 0 unspecified atom stereocenters. The fourth-order valence-corrected chi connectivity index (χ4v) is 1.77. The predicted octanol–water partition coefficient (Wildman–Crippen LogP) is 3.38. The summed E-state index contributed by atoms with van der Waals surface area (Å²) in [7, 11) is 0. The number of halogens is 1. The van der Waals surface area contributed by atoms with Gasteiger partial charge in [0, 0.05) is 25.0 Å². The maximum Gasteiger partial charge on any atom is 0.126 e. The van der Waals surface area contributed by atoms with Crippen LogP contribution in [0.15, 0.2) is 42.7 Å². The van der Waals surface area contributed by atoms with Crippen LogP contribution in [0.2, 0.25) is 0 Å². The van der Waals surface area contributed by atoms with E-state index in [0.29, 0.717) is 12.1 Å². The minimum absolute atomic E-state index is 0.150. The molecule has 0 radical (unpaired) electrons. The summed E-state index contributed by atoms with van der Waals surface area (Å²) in [5.41, 5.74) is 2.76. The molecule has 1 aromatic carbocycles. The zero-order valence-electron chi connectivity index (χ0n) is 10.7. The number of nitrogens with one attached hydrogen (secondary N) is 1. The van der Waals surface area contributed by atoms with Gasteiger partial charge >= 0.3 is 0 Å². The molecular formula is C15H17FN2. The van der Waals surface area contributed by atoms with Crippen molar-refractivity contribution in [3.05, 3.63) is 65.2 Å². The molecular weight excluding hydrogens is 227 g/mol. The molecule has 2 nitrogen and oxygen atoms in total. The van der Waals surface area contributed by atoms with Crippen LogP contribution < -0.4 is 5.32 Å². The Morgan fingerprint density at radius 2 is 2.17 bits per heavy atom. The van der Waals surface area contributed by atoms with Crippen LogP contribution in [0, 0.1) is 12.7 Å². The van der Waals surface area contributed by atoms with Crippen molar-refractivity contribution in [3.63, 3.8) is 0 Å². The Kier molecular flexibility index (Phi) is 4.05. The lowest BCUT2D eigenvalue weighted by atomic mass is 10.1. The number of aromatic nitrogens is 1. The van der Waals surface area contributed by atoms with E-state index in [0.717, 1.165) is 11.1 Å². The third kappa shape index (κ3) is 3.14. The maximum atomic E-state index is 13.4. The van der Waals surface area contributed by atoms with Crippen molar-refractivity contribution in [3.8, 4) is 0 Å². The fourth-order valence-electron chi connectivity index (χ4n) is 1.77. The quantitative estimate of drug-likeness (QED) is 0.891. The van der Waals surface area contributed by atoms with E-state index >= 15 is 0 Å². The van der Waals surface area contributed by atoms with Crippen molar-refractivity contribution in [1.29, 1.82) is 0 Å². The van der Waals surface area contributed by atoms with Crippen LogP contribution in [0.4, 0.5) is 4.39 Å². The molecule has 2 rings (SSSR count). The molecule has 0 aliphatic rings. The molecule has 94 valence electrons. The summed E-state index contributed by atoms with van der Waals surface area (Å²) in [6, 6.07) is 9.48. The molecule has 0 spiro atoms. The third-order valence-electron chi connectivity index (χ3n) is 3.03. The molecule has 1 heterocycles. The molecule has 1 atom stereocenters. The van der Waals surface area contributed by atoms with Gasteiger partial charge < -0.3 is 5.32 Å². The average molecular weight is 244 g/mol. The Morgan fingerprint density at radius 1 is 1.33 bits per heavy atom. The molecule has 0 saturated heterocycles. The van der Waals surface area contributed by atoms with Gasteiger partial charge in [-0.1, -0.05) is 18.2 Å². The maximum absolute atomic E-state index is 13.4. The van der Waals surface area contributed by atoms with Gasteiger partial charge in [-0.3, -0.25) is 4.98 Å². The first-order valence-electron chi connectivity index (χ1n) is 6.05. The normalized spacial score (nSPS) is 12.4. The highest BCUT2D eigenvalue weighted by Crippen LogP contribution is 2.13. The Hall–Kier alpha value is -1.74. The summed E-state index contributed by atoms with van der Waals surface area (Å²) in [5, 5.41) is 3.36. The highest BCUT2D eigenvalue weighted by atomic mass is 19.1. The van der Waals surface area contributed by atoms with Gasteiger partial charge in [-0.05, 0) is 42.7 Å². The number of rotatable bonds is 4. The van der Waals surface area contributed by atoms with E-state index in [2.05, 4.69) is 17.2 Å². The summed E-state index contributed by atoms with van der Waals surface area (Å²) in [4.78, 5) is 4.09. The monoisotopic (exact) mass is 244 g/mol. The lowest BCUT2D eigenvalue weighted by Gasteiger charge is -2.14. The second kappa shape index (κ2) is 5.74. The molecule has 0 aliphatic heterocycles. The highest BCUT2D eigenvalue weighted by Gasteiger charge is 2.05. The zero-order valence-corrected chi connectivity index (χ0v) is 10.7. The van der Waals surface area contributed by atoms with Crippen molar-refractivity contribution in [2.45, 2.75) is 26.4 Å². The SMILES string of the molecule is Cc1ccc(CN[C@@H](C)c2cccnc2)cc1F. The first-order chi connectivity index (χ1) is 8.66. The summed E-state index contributed by atoms with van der Waals surface area (Å²) in [6.07, 6.45) is 3.60. The molecule has 1 N–H and O–H groups in total. The molecule has 2 aromatic rings. The van der Waals surface area contributed by atoms with Crippen LogP contribution in [-0.2, 0) is 6.54 Å². The molecule has 18 heavy (non-hydrogen) atoms. The second-order valence-corrected chi connectivity index (χ2v) is 4.47. The molecule has 0 fully saturated rings. The van der Waals surface area contributed by atoms with Gasteiger partial charge in [-0.25, -0.2) is 4.39 Å². The Balaban J connectivity index is 1.97. The topological polar surface area (TPSA) is 24.9 Å². The van der Waals surface area contributed by atoms with Crippen molar-refractivity contribution in [2.75, 3.05) is 0 Å². The van der Waals surface area contributed by atoms with E-state index in [1.54, 1.807) is 25.3 Å². The largest absolute Gasteiger partial charge is 0.306 e. The van der Waals surface area contributed by atoms with Crippen LogP contribution in [0.3, 0.4) is 0 Å². The Morgan fingerprint density at radius 3 is 2.83 bits per heavy atom. The lowest BCUT2D eigenvalue weighted by molar-refractivity contribution is 0.566. The van der Waals surface area contributed by atoms with Gasteiger partial charge in [0.1, 0.15) is 5.82 Å². The Bertz CT molecular complexity index is 511. The van der Waals surface area contributed by atoms with E-state index in [9.17, 15) is 4.39 Å². The van der Waals surface area contributed by atoms with Crippen LogP contribution >= 0.6 is 0 Å². The minimum Gasteiger partial charge on any atom is -0.306 e. The van der Waals surface area contributed by atoms with E-state index in [1.165, 1.54) is 0 Å². The van der Waals surface area contributed by atoms with Crippen molar-refractivity contribution >= 4 is 0 Å². The van der Waals surface area contributed by atoms with Crippen LogP contribution in [0.1, 0.15) is 29.7 Å². The van der Waals surface area contributed by atoms with Crippen molar-refractivity contribution in [2.24, 2.45) is 0 Å². The number of hydrogen-bond acceptors (Lipinski definition) is 2. The van der Waals surface area contributed by atoms with Crippen LogP contribution in [-0.4, -0.2) is 4.98 Å². The number of pyridine rings is 1. The number of benzene rings is 1. The van der Waals surface area contributed by atoms with Gasteiger partial charge in [0.25, 0.3) is 0 Å². The first kappa shape index (κ1) is 12.7. The fraction of sp³-hybridized carbons (Fsp3) is 0.267. The average Bonchev–Trinajstić information content (AvgIpc) is 2.41. The van der Waals surface area contributed by atoms with E-state index in [1.807, 2.05) is 24.4 Å². The van der Waals surface area contributed by atoms with Crippen molar-refractivity contribution < 1.29 is 4.39 Å². The van der Waals surface area contributed by atoms with Crippen molar-refractivity contribution in [1.82, 2.24) is 10.3 Å². The summed E-state index contributed by atoms with van der Waals surface area (Å²) in [6.45, 7) is 4.49. The first-order valence-corrected chi connectivity index (χ1v) is 6.05.